The smallest absolute Gasteiger partial charge is 0.259 e. The highest BCUT2D eigenvalue weighted by molar-refractivity contribution is 5.99. The van der Waals surface area contributed by atoms with E-state index in [1.54, 1.807) is 36.1 Å². The molecule has 2 unspecified atom stereocenters. The summed E-state index contributed by atoms with van der Waals surface area (Å²) in [7, 11) is 0. The first-order valence-corrected chi connectivity index (χ1v) is 9.13. The highest BCUT2D eigenvalue weighted by atomic mass is 16.5. The maximum absolute atomic E-state index is 13.2. The Bertz CT molecular complexity index is 1140. The molecule has 0 spiro atoms. The van der Waals surface area contributed by atoms with E-state index in [1.807, 2.05) is 23.1 Å². The normalized spacial score (nSPS) is 19.4. The monoisotopic (exact) mass is 374 g/mol. The summed E-state index contributed by atoms with van der Waals surface area (Å²) in [5.74, 6) is 1.11. The van der Waals surface area contributed by atoms with E-state index >= 15 is 0 Å². The third-order valence-corrected chi connectivity index (χ3v) is 5.20. The molecule has 1 saturated heterocycles. The van der Waals surface area contributed by atoms with Crippen LogP contribution in [0.15, 0.2) is 59.5 Å². The number of nitrogens with zero attached hydrogens (tertiary/aromatic N) is 6. The Hall–Kier alpha value is -3.55. The Balaban J connectivity index is 1.50. The summed E-state index contributed by atoms with van der Waals surface area (Å²) >= 11 is 0. The van der Waals surface area contributed by atoms with E-state index in [1.165, 1.54) is 0 Å². The van der Waals surface area contributed by atoms with Crippen LogP contribution in [-0.4, -0.2) is 48.6 Å². The Morgan fingerprint density at radius 1 is 1.14 bits per heavy atom. The van der Waals surface area contributed by atoms with Crippen molar-refractivity contribution in [3.8, 4) is 0 Å². The Kier molecular flexibility index (Phi) is 3.89. The molecular weight excluding hydrogens is 356 g/mol. The highest BCUT2D eigenvalue weighted by Crippen LogP contribution is 2.39. The van der Waals surface area contributed by atoms with E-state index in [0.717, 1.165) is 5.56 Å². The molecule has 28 heavy (non-hydrogen) atoms. The molecule has 0 radical (unpaired) electrons. The van der Waals surface area contributed by atoms with Crippen LogP contribution in [0.5, 0.6) is 0 Å². The van der Waals surface area contributed by atoms with Crippen molar-refractivity contribution in [2.75, 3.05) is 13.1 Å². The van der Waals surface area contributed by atoms with Gasteiger partial charge in [0.25, 0.3) is 5.91 Å². The molecule has 5 rings (SSSR count). The number of amides is 1. The minimum absolute atomic E-state index is 0.0534. The van der Waals surface area contributed by atoms with Crippen LogP contribution in [0.25, 0.3) is 5.65 Å². The van der Waals surface area contributed by atoms with Gasteiger partial charge in [-0.05, 0) is 18.6 Å². The molecule has 2 atom stereocenters. The average Bonchev–Trinajstić information content (AvgIpc) is 3.46. The summed E-state index contributed by atoms with van der Waals surface area (Å²) in [5, 5.41) is 8.17. The lowest BCUT2D eigenvalue weighted by Crippen LogP contribution is -2.28. The van der Waals surface area contributed by atoms with Crippen LogP contribution in [0.1, 0.15) is 39.5 Å². The number of benzene rings is 1. The molecule has 0 aliphatic carbocycles. The van der Waals surface area contributed by atoms with Gasteiger partial charge in [-0.2, -0.15) is 10.1 Å². The number of likely N-dealkylation sites (tertiary alicyclic amines) is 1. The lowest BCUT2D eigenvalue weighted by molar-refractivity contribution is 0.0789. The average molecular weight is 374 g/mol. The van der Waals surface area contributed by atoms with Crippen LogP contribution in [0.4, 0.5) is 0 Å². The van der Waals surface area contributed by atoms with Crippen LogP contribution in [0.3, 0.4) is 0 Å². The second kappa shape index (κ2) is 6.56. The predicted molar refractivity (Wildman–Crippen MR) is 99.8 cm³/mol. The molecule has 1 aromatic carbocycles. The van der Waals surface area contributed by atoms with Crippen molar-refractivity contribution in [2.24, 2.45) is 0 Å². The van der Waals surface area contributed by atoms with E-state index in [0.29, 0.717) is 36.0 Å². The zero-order valence-electron chi connectivity index (χ0n) is 15.3. The van der Waals surface area contributed by atoms with E-state index in [9.17, 15) is 4.79 Å². The molecule has 140 valence electrons. The molecule has 4 aromatic rings. The quantitative estimate of drug-likeness (QED) is 0.547. The van der Waals surface area contributed by atoms with E-state index in [-0.39, 0.29) is 17.7 Å². The lowest BCUT2D eigenvalue weighted by atomic mass is 9.89. The van der Waals surface area contributed by atoms with Crippen LogP contribution in [0.2, 0.25) is 0 Å². The largest absolute Gasteiger partial charge is 0.339 e. The maximum Gasteiger partial charge on any atom is 0.259 e. The van der Waals surface area contributed by atoms with Crippen molar-refractivity contribution in [3.63, 3.8) is 0 Å². The van der Waals surface area contributed by atoms with Gasteiger partial charge >= 0.3 is 0 Å². The molecule has 3 aromatic heterocycles. The van der Waals surface area contributed by atoms with Crippen LogP contribution < -0.4 is 0 Å². The second-order valence-corrected chi connectivity index (χ2v) is 6.96. The van der Waals surface area contributed by atoms with Crippen LogP contribution in [0, 0.1) is 6.92 Å². The minimum atomic E-state index is -0.0895. The lowest BCUT2D eigenvalue weighted by Gasteiger charge is -2.16. The summed E-state index contributed by atoms with van der Waals surface area (Å²) in [4.78, 5) is 23.8. The number of fused-ring (bicyclic) bond motifs is 1. The summed E-state index contributed by atoms with van der Waals surface area (Å²) in [6, 6.07) is 11.9. The summed E-state index contributed by atoms with van der Waals surface area (Å²) in [5.41, 5.74) is 2.20. The molecule has 0 saturated carbocycles. The zero-order chi connectivity index (χ0) is 19.1. The number of aryl methyl sites for hydroxylation is 1. The van der Waals surface area contributed by atoms with Gasteiger partial charge in [0, 0.05) is 31.4 Å². The number of hydrogen-bond donors (Lipinski definition) is 0. The van der Waals surface area contributed by atoms with E-state index in [4.69, 9.17) is 4.52 Å². The molecule has 0 bridgehead atoms. The van der Waals surface area contributed by atoms with Crippen molar-refractivity contribution in [1.29, 1.82) is 0 Å². The number of carbonyl (C=O) groups is 1. The van der Waals surface area contributed by atoms with Gasteiger partial charge < -0.3 is 9.42 Å². The summed E-state index contributed by atoms with van der Waals surface area (Å²) in [6.07, 6.45) is 5.01. The minimum Gasteiger partial charge on any atom is -0.339 e. The van der Waals surface area contributed by atoms with Crippen molar-refractivity contribution < 1.29 is 9.32 Å². The molecule has 1 fully saturated rings. The van der Waals surface area contributed by atoms with Gasteiger partial charge in [0.2, 0.25) is 5.89 Å². The maximum atomic E-state index is 13.2. The molecule has 8 nitrogen and oxygen atoms in total. The number of carbonyl (C=O) groups excluding carboxylic acids is 1. The fraction of sp³-hybridized carbons (Fsp3) is 0.250. The molecule has 1 aliphatic heterocycles. The van der Waals surface area contributed by atoms with Gasteiger partial charge in [0.05, 0.1) is 12.1 Å². The molecular formula is C20H18N6O2. The summed E-state index contributed by atoms with van der Waals surface area (Å²) in [6.45, 7) is 2.87. The van der Waals surface area contributed by atoms with E-state index in [2.05, 4.69) is 32.4 Å². The molecule has 1 amide bonds. The standard InChI is InChI=1S/C20H18N6O2/c1-13-23-19(28-24-13)17-12-25(11-16(17)14-6-3-2-4-7-14)20(27)15-10-22-26-9-5-8-21-18(15)26/h2-10,16-17H,11-12H2,1H3. The fourth-order valence-electron chi connectivity index (χ4n) is 3.87. The number of hydrogen-bond acceptors (Lipinski definition) is 6. The Labute approximate surface area is 160 Å². The predicted octanol–water partition coefficient (Wildman–Crippen LogP) is 2.44. The van der Waals surface area contributed by atoms with Gasteiger partial charge in [-0.3, -0.25) is 4.79 Å². The van der Waals surface area contributed by atoms with Crippen molar-refractivity contribution >= 4 is 11.6 Å². The Morgan fingerprint density at radius 3 is 2.75 bits per heavy atom. The van der Waals surface area contributed by atoms with Gasteiger partial charge in [-0.15, -0.1) is 0 Å². The number of rotatable bonds is 3. The third kappa shape index (κ3) is 2.74. The molecule has 4 heterocycles. The number of aromatic nitrogens is 5. The van der Waals surface area contributed by atoms with Gasteiger partial charge in [-0.1, -0.05) is 35.5 Å². The zero-order valence-corrected chi connectivity index (χ0v) is 15.3. The Morgan fingerprint density at radius 2 is 1.96 bits per heavy atom. The van der Waals surface area contributed by atoms with E-state index < -0.39 is 0 Å². The highest BCUT2D eigenvalue weighted by Gasteiger charge is 2.41. The van der Waals surface area contributed by atoms with Crippen molar-refractivity contribution in [3.05, 3.63) is 77.8 Å². The first-order chi connectivity index (χ1) is 13.7. The SMILES string of the molecule is Cc1noc(C2CN(C(=O)c3cnn4cccnc34)CC2c2ccccc2)n1. The second-order valence-electron chi connectivity index (χ2n) is 6.96. The van der Waals surface area contributed by atoms with Crippen LogP contribution >= 0.6 is 0 Å². The van der Waals surface area contributed by atoms with Gasteiger partial charge in [0.15, 0.2) is 11.5 Å². The van der Waals surface area contributed by atoms with Gasteiger partial charge in [0.1, 0.15) is 5.56 Å². The summed E-state index contributed by atoms with van der Waals surface area (Å²) < 4.78 is 7.07. The van der Waals surface area contributed by atoms with Crippen LogP contribution in [-0.2, 0) is 0 Å². The molecule has 1 aliphatic rings. The topological polar surface area (TPSA) is 89.4 Å². The fourth-order valence-corrected chi connectivity index (χ4v) is 3.87. The first-order valence-electron chi connectivity index (χ1n) is 9.13. The first kappa shape index (κ1) is 16.6. The molecule has 0 N–H and O–H groups in total. The third-order valence-electron chi connectivity index (χ3n) is 5.20. The van der Waals surface area contributed by atoms with Crippen molar-refractivity contribution in [1.82, 2.24) is 29.6 Å². The molecule has 8 heteroatoms. The van der Waals surface area contributed by atoms with Crippen molar-refractivity contribution in [2.45, 2.75) is 18.8 Å². The van der Waals surface area contributed by atoms with Gasteiger partial charge in [-0.25, -0.2) is 9.50 Å².